The van der Waals surface area contributed by atoms with Gasteiger partial charge in [0, 0.05) is 6.54 Å². The monoisotopic (exact) mass is 301 g/mol. The van der Waals surface area contributed by atoms with E-state index in [1.54, 1.807) is 0 Å². The lowest BCUT2D eigenvalue weighted by Gasteiger charge is -2.25. The van der Waals surface area contributed by atoms with Crippen LogP contribution in [-0.2, 0) is 0 Å². The quantitative estimate of drug-likeness (QED) is 0.701. The van der Waals surface area contributed by atoms with E-state index in [4.69, 9.17) is 0 Å². The molecule has 0 radical (unpaired) electrons. The summed E-state index contributed by atoms with van der Waals surface area (Å²) in [5, 5.41) is 0. The van der Waals surface area contributed by atoms with Crippen LogP contribution in [0, 0.1) is 5.41 Å². The summed E-state index contributed by atoms with van der Waals surface area (Å²) in [6.07, 6.45) is -1.07. The lowest BCUT2D eigenvalue weighted by molar-refractivity contribution is -0.130. The van der Waals surface area contributed by atoms with Gasteiger partial charge in [-0.15, -0.1) is 0 Å². The molecule has 1 fully saturated rings. The molecule has 0 N–H and O–H groups in total. The van der Waals surface area contributed by atoms with Crippen molar-refractivity contribution in [3.8, 4) is 0 Å². The second-order valence-electron chi connectivity index (χ2n) is 5.33. The molecule has 1 heterocycles. The molecule has 1 nitrogen and oxygen atoms in total. The van der Waals surface area contributed by atoms with Gasteiger partial charge in [-0.05, 0) is 37.8 Å². The van der Waals surface area contributed by atoms with Crippen LogP contribution >= 0.6 is 15.9 Å². The van der Waals surface area contributed by atoms with E-state index in [-0.39, 0.29) is 12.0 Å². The Balaban J connectivity index is 2.44. The first-order valence-corrected chi connectivity index (χ1v) is 6.55. The SMILES string of the molecule is CC1(C)CCCN(CC(Br)C(F)(F)F)CC1. The molecule has 1 aliphatic rings. The van der Waals surface area contributed by atoms with E-state index in [0.717, 1.165) is 32.4 Å². The molecule has 16 heavy (non-hydrogen) atoms. The molecule has 5 heteroatoms. The van der Waals surface area contributed by atoms with Gasteiger partial charge in [-0.3, -0.25) is 0 Å². The van der Waals surface area contributed by atoms with Crippen molar-refractivity contribution >= 4 is 15.9 Å². The van der Waals surface area contributed by atoms with E-state index in [1.807, 2.05) is 4.90 Å². The minimum atomic E-state index is -4.14. The van der Waals surface area contributed by atoms with Crippen LogP contribution in [0.2, 0.25) is 0 Å². The molecule has 1 atom stereocenters. The summed E-state index contributed by atoms with van der Waals surface area (Å²) in [6.45, 7) is 5.99. The molecular weight excluding hydrogens is 283 g/mol. The molecule has 0 aromatic heterocycles. The minimum absolute atomic E-state index is 0.0690. The van der Waals surface area contributed by atoms with Gasteiger partial charge in [-0.1, -0.05) is 29.8 Å². The van der Waals surface area contributed by atoms with Gasteiger partial charge >= 0.3 is 6.18 Å². The van der Waals surface area contributed by atoms with E-state index in [1.165, 1.54) is 0 Å². The second kappa shape index (κ2) is 5.25. The van der Waals surface area contributed by atoms with Crippen LogP contribution in [-0.4, -0.2) is 35.5 Å². The van der Waals surface area contributed by atoms with Crippen molar-refractivity contribution in [1.29, 1.82) is 0 Å². The minimum Gasteiger partial charge on any atom is -0.302 e. The van der Waals surface area contributed by atoms with Crippen molar-refractivity contribution in [3.05, 3.63) is 0 Å². The van der Waals surface area contributed by atoms with Crippen LogP contribution < -0.4 is 0 Å². The number of nitrogens with zero attached hydrogens (tertiary/aromatic N) is 1. The first-order valence-electron chi connectivity index (χ1n) is 5.64. The molecule has 96 valence electrons. The Morgan fingerprint density at radius 3 is 2.44 bits per heavy atom. The maximum Gasteiger partial charge on any atom is 0.402 e. The summed E-state index contributed by atoms with van der Waals surface area (Å²) in [5.41, 5.74) is 0.273. The van der Waals surface area contributed by atoms with Crippen molar-refractivity contribution in [2.75, 3.05) is 19.6 Å². The van der Waals surface area contributed by atoms with Crippen molar-refractivity contribution in [2.45, 2.75) is 44.1 Å². The largest absolute Gasteiger partial charge is 0.402 e. The number of rotatable bonds is 2. The Morgan fingerprint density at radius 1 is 1.25 bits per heavy atom. The summed E-state index contributed by atoms with van der Waals surface area (Å²) in [7, 11) is 0. The third-order valence-corrected chi connectivity index (χ3v) is 4.02. The van der Waals surface area contributed by atoms with Crippen LogP contribution in [0.4, 0.5) is 13.2 Å². The third-order valence-electron chi connectivity index (χ3n) is 3.21. The number of halogens is 4. The Labute approximate surface area is 104 Å². The highest BCUT2D eigenvalue weighted by atomic mass is 79.9. The summed E-state index contributed by atoms with van der Waals surface area (Å²) in [4.78, 5) is 0.517. The zero-order valence-corrected chi connectivity index (χ0v) is 11.4. The number of hydrogen-bond acceptors (Lipinski definition) is 1. The fourth-order valence-corrected chi connectivity index (χ4v) is 2.40. The van der Waals surface area contributed by atoms with Crippen molar-refractivity contribution < 1.29 is 13.2 Å². The van der Waals surface area contributed by atoms with Crippen LogP contribution in [0.5, 0.6) is 0 Å². The smallest absolute Gasteiger partial charge is 0.302 e. The molecule has 1 unspecified atom stereocenters. The summed E-state index contributed by atoms with van der Waals surface area (Å²) < 4.78 is 37.2. The van der Waals surface area contributed by atoms with E-state index in [0.29, 0.717) is 0 Å². The molecule has 0 aromatic carbocycles. The van der Waals surface area contributed by atoms with Crippen molar-refractivity contribution in [3.63, 3.8) is 0 Å². The molecule has 1 saturated heterocycles. The Bertz CT molecular complexity index is 228. The van der Waals surface area contributed by atoms with Gasteiger partial charge in [0.05, 0.1) is 0 Å². The lowest BCUT2D eigenvalue weighted by Crippen LogP contribution is -2.38. The van der Waals surface area contributed by atoms with Gasteiger partial charge < -0.3 is 4.90 Å². The van der Waals surface area contributed by atoms with Gasteiger partial charge in [0.15, 0.2) is 0 Å². The summed E-state index contributed by atoms with van der Waals surface area (Å²) in [5.74, 6) is 0. The molecule has 0 spiro atoms. The summed E-state index contributed by atoms with van der Waals surface area (Å²) >= 11 is 2.72. The highest BCUT2D eigenvalue weighted by Crippen LogP contribution is 2.32. The average Bonchev–Trinajstić information content (AvgIpc) is 2.26. The van der Waals surface area contributed by atoms with Gasteiger partial charge in [0.2, 0.25) is 0 Å². The predicted molar refractivity (Wildman–Crippen MR) is 62.8 cm³/mol. The van der Waals surface area contributed by atoms with Gasteiger partial charge in [-0.2, -0.15) is 13.2 Å². The molecule has 0 bridgehead atoms. The second-order valence-corrected chi connectivity index (χ2v) is 6.43. The van der Waals surface area contributed by atoms with Crippen molar-refractivity contribution in [1.82, 2.24) is 4.90 Å². The highest BCUT2D eigenvalue weighted by molar-refractivity contribution is 9.09. The molecule has 0 saturated carbocycles. The normalized spacial score (nSPS) is 25.1. The maximum atomic E-state index is 12.4. The molecule has 0 aliphatic carbocycles. The average molecular weight is 302 g/mol. The maximum absolute atomic E-state index is 12.4. The van der Waals surface area contributed by atoms with E-state index in [9.17, 15) is 13.2 Å². The van der Waals surface area contributed by atoms with Gasteiger partial charge in [0.1, 0.15) is 4.83 Å². The van der Waals surface area contributed by atoms with E-state index >= 15 is 0 Å². The van der Waals surface area contributed by atoms with Crippen LogP contribution in [0.1, 0.15) is 33.1 Å². The molecule has 0 amide bonds. The Morgan fingerprint density at radius 2 is 1.88 bits per heavy atom. The fraction of sp³-hybridized carbons (Fsp3) is 1.00. The van der Waals surface area contributed by atoms with E-state index in [2.05, 4.69) is 29.8 Å². The topological polar surface area (TPSA) is 3.24 Å². The predicted octanol–water partition coefficient (Wildman–Crippen LogP) is 3.82. The number of alkyl halides is 4. The molecule has 1 aliphatic heterocycles. The van der Waals surface area contributed by atoms with Gasteiger partial charge in [-0.25, -0.2) is 0 Å². The zero-order chi connectivity index (χ0) is 12.4. The van der Waals surface area contributed by atoms with E-state index < -0.39 is 11.0 Å². The Kier molecular flexibility index (Phi) is 4.69. The molecule has 0 aromatic rings. The Hall–Kier alpha value is 0.230. The van der Waals surface area contributed by atoms with Crippen LogP contribution in [0.15, 0.2) is 0 Å². The summed E-state index contributed by atoms with van der Waals surface area (Å²) in [6, 6.07) is 0. The standard InChI is InChI=1S/C11H19BrF3N/c1-10(2)4-3-6-16(7-5-10)8-9(12)11(13,14)15/h9H,3-8H2,1-2H3. The van der Waals surface area contributed by atoms with Crippen LogP contribution in [0.25, 0.3) is 0 Å². The van der Waals surface area contributed by atoms with Gasteiger partial charge in [0.25, 0.3) is 0 Å². The first kappa shape index (κ1) is 14.3. The molecule has 1 rings (SSSR count). The number of hydrogen-bond donors (Lipinski definition) is 0. The molecular formula is C11H19BrF3N. The lowest BCUT2D eigenvalue weighted by atomic mass is 9.85. The van der Waals surface area contributed by atoms with Crippen molar-refractivity contribution in [2.24, 2.45) is 5.41 Å². The third kappa shape index (κ3) is 4.62. The zero-order valence-electron chi connectivity index (χ0n) is 9.78. The first-order chi connectivity index (χ1) is 7.21. The fourth-order valence-electron chi connectivity index (χ4n) is 1.99. The van der Waals surface area contributed by atoms with Crippen LogP contribution in [0.3, 0.4) is 0 Å². The number of likely N-dealkylation sites (tertiary alicyclic amines) is 1. The highest BCUT2D eigenvalue weighted by Gasteiger charge is 2.39.